The molecule has 0 unspecified atom stereocenters. The average molecular weight is 351 g/mol. The van der Waals surface area contributed by atoms with Crippen LogP contribution in [0.25, 0.3) is 21.1 Å². The van der Waals surface area contributed by atoms with Crippen molar-refractivity contribution in [2.45, 2.75) is 0 Å². The molecule has 118 valence electrons. The Morgan fingerprint density at radius 1 is 1.26 bits per heavy atom. The molecule has 23 heavy (non-hydrogen) atoms. The second-order valence-electron chi connectivity index (χ2n) is 4.39. The lowest BCUT2D eigenvalue weighted by molar-refractivity contribution is -0.133. The molecule has 0 N–H and O–H groups in total. The molecule has 2 aromatic heterocycles. The fourth-order valence-electron chi connectivity index (χ4n) is 1.91. The first-order chi connectivity index (χ1) is 11.1. The van der Waals surface area contributed by atoms with Crippen LogP contribution in [0.15, 0.2) is 30.5 Å². The molecule has 3 aromatic rings. The highest BCUT2D eigenvalue weighted by Crippen LogP contribution is 2.28. The molecule has 0 bridgehead atoms. The van der Waals surface area contributed by atoms with E-state index in [9.17, 15) is 4.79 Å². The highest BCUT2D eigenvalue weighted by Gasteiger charge is 2.22. The summed E-state index contributed by atoms with van der Waals surface area (Å²) < 4.78 is 11.1. The minimum atomic E-state index is -0.581. The van der Waals surface area contributed by atoms with Gasteiger partial charge in [-0.1, -0.05) is 35.1 Å². The van der Waals surface area contributed by atoms with Gasteiger partial charge in [0.1, 0.15) is 16.8 Å². The van der Waals surface area contributed by atoms with Crippen molar-refractivity contribution in [1.82, 2.24) is 19.8 Å². The number of carbonyl (C=O) groups excluding carboxylic acids is 1. The monoisotopic (exact) mass is 350 g/mol. The normalized spacial score (nSPS) is 11.7. The minimum Gasteiger partial charge on any atom is -0.503 e. The predicted molar refractivity (Wildman–Crippen MR) is 86.1 cm³/mol. The Morgan fingerprint density at radius 3 is 2.65 bits per heavy atom. The van der Waals surface area contributed by atoms with Gasteiger partial charge in [0.2, 0.25) is 4.96 Å². The highest BCUT2D eigenvalue weighted by atomic mass is 35.5. The van der Waals surface area contributed by atoms with E-state index < -0.39 is 5.97 Å². The lowest BCUT2D eigenvalue weighted by Gasteiger charge is -2.01. The largest absolute Gasteiger partial charge is 0.503 e. The molecule has 1 aromatic carbocycles. The SMILES string of the molecule is COC=C(C(=O)OC)c1nnc2sc(-c3ccc(Cl)cc3)nn12. The van der Waals surface area contributed by atoms with Crippen molar-refractivity contribution >= 4 is 39.4 Å². The van der Waals surface area contributed by atoms with Gasteiger partial charge < -0.3 is 9.47 Å². The van der Waals surface area contributed by atoms with Crippen LogP contribution in [-0.4, -0.2) is 40.0 Å². The second kappa shape index (κ2) is 6.35. The Morgan fingerprint density at radius 2 is 2.00 bits per heavy atom. The predicted octanol–water partition coefficient (Wildman–Crippen LogP) is 2.67. The summed E-state index contributed by atoms with van der Waals surface area (Å²) in [6.45, 7) is 0. The van der Waals surface area contributed by atoms with E-state index in [2.05, 4.69) is 15.3 Å². The molecule has 0 fully saturated rings. The molecule has 0 radical (unpaired) electrons. The molecule has 0 saturated heterocycles. The molecule has 0 aliphatic rings. The number of benzene rings is 1. The summed E-state index contributed by atoms with van der Waals surface area (Å²) in [6, 6.07) is 7.29. The smallest absolute Gasteiger partial charge is 0.344 e. The molecule has 0 saturated carbocycles. The van der Waals surface area contributed by atoms with Gasteiger partial charge in [0, 0.05) is 10.6 Å². The van der Waals surface area contributed by atoms with E-state index in [0.717, 1.165) is 10.6 Å². The first-order valence-electron chi connectivity index (χ1n) is 6.44. The maximum atomic E-state index is 11.9. The fraction of sp³-hybridized carbons (Fsp3) is 0.143. The topological polar surface area (TPSA) is 78.6 Å². The van der Waals surface area contributed by atoms with E-state index in [1.807, 2.05) is 12.1 Å². The van der Waals surface area contributed by atoms with Gasteiger partial charge in [-0.2, -0.15) is 9.61 Å². The van der Waals surface area contributed by atoms with Gasteiger partial charge in [0.15, 0.2) is 5.82 Å². The van der Waals surface area contributed by atoms with E-state index in [0.29, 0.717) is 9.98 Å². The molecule has 0 amide bonds. The van der Waals surface area contributed by atoms with E-state index >= 15 is 0 Å². The van der Waals surface area contributed by atoms with Gasteiger partial charge in [-0.25, -0.2) is 4.79 Å². The van der Waals surface area contributed by atoms with Gasteiger partial charge in [-0.15, -0.1) is 10.2 Å². The molecule has 0 aliphatic carbocycles. The molecule has 9 heteroatoms. The van der Waals surface area contributed by atoms with Crippen LogP contribution < -0.4 is 0 Å². The number of nitrogens with zero attached hydrogens (tertiary/aromatic N) is 4. The number of halogens is 1. The van der Waals surface area contributed by atoms with Crippen LogP contribution >= 0.6 is 22.9 Å². The van der Waals surface area contributed by atoms with Crippen molar-refractivity contribution in [2.75, 3.05) is 14.2 Å². The van der Waals surface area contributed by atoms with E-state index in [4.69, 9.17) is 21.1 Å². The lowest BCUT2D eigenvalue weighted by Crippen LogP contribution is -2.08. The van der Waals surface area contributed by atoms with Gasteiger partial charge >= 0.3 is 5.97 Å². The first kappa shape index (κ1) is 15.4. The third-order valence-electron chi connectivity index (χ3n) is 2.96. The molecule has 7 nitrogen and oxygen atoms in total. The minimum absolute atomic E-state index is 0.135. The maximum absolute atomic E-state index is 11.9. The third kappa shape index (κ3) is 2.90. The van der Waals surface area contributed by atoms with E-state index in [-0.39, 0.29) is 11.4 Å². The Hall–Kier alpha value is -2.45. The Kier molecular flexibility index (Phi) is 4.26. The summed E-state index contributed by atoms with van der Waals surface area (Å²) in [5.41, 5.74) is 1.03. The zero-order valence-corrected chi connectivity index (χ0v) is 13.8. The van der Waals surface area contributed by atoms with Crippen molar-refractivity contribution in [3.63, 3.8) is 0 Å². The van der Waals surface area contributed by atoms with Crippen LogP contribution in [-0.2, 0) is 14.3 Å². The van der Waals surface area contributed by atoms with Crippen LogP contribution in [0.2, 0.25) is 5.02 Å². The first-order valence-corrected chi connectivity index (χ1v) is 7.63. The van der Waals surface area contributed by atoms with Crippen LogP contribution in [0.4, 0.5) is 0 Å². The van der Waals surface area contributed by atoms with Crippen LogP contribution in [0.3, 0.4) is 0 Å². The van der Waals surface area contributed by atoms with Gasteiger partial charge in [0.05, 0.1) is 14.2 Å². The molecule has 3 rings (SSSR count). The lowest BCUT2D eigenvalue weighted by atomic mass is 10.2. The van der Waals surface area contributed by atoms with Gasteiger partial charge in [-0.3, -0.25) is 0 Å². The quantitative estimate of drug-likeness (QED) is 0.409. The number of carbonyl (C=O) groups is 1. The summed E-state index contributed by atoms with van der Waals surface area (Å²) in [5.74, 6) is -0.327. The Balaban J connectivity index is 2.08. The van der Waals surface area contributed by atoms with Crippen LogP contribution in [0.1, 0.15) is 5.82 Å². The van der Waals surface area contributed by atoms with Crippen molar-refractivity contribution in [1.29, 1.82) is 0 Å². The van der Waals surface area contributed by atoms with Crippen molar-refractivity contribution in [3.8, 4) is 10.6 Å². The number of rotatable bonds is 4. The summed E-state index contributed by atoms with van der Waals surface area (Å²) in [4.78, 5) is 12.4. The molecule has 0 aliphatic heterocycles. The number of esters is 1. The number of aromatic nitrogens is 4. The Bertz CT molecular complexity index is 885. The van der Waals surface area contributed by atoms with E-state index in [1.165, 1.54) is 36.3 Å². The molecule has 0 atom stereocenters. The summed E-state index contributed by atoms with van der Waals surface area (Å²) in [5, 5.41) is 13.9. The van der Waals surface area contributed by atoms with Gasteiger partial charge in [-0.05, 0) is 12.1 Å². The number of hydrogen-bond acceptors (Lipinski definition) is 7. The third-order valence-corrected chi connectivity index (χ3v) is 4.16. The van der Waals surface area contributed by atoms with Crippen molar-refractivity contribution < 1.29 is 14.3 Å². The number of methoxy groups -OCH3 is 2. The standard InChI is InChI=1S/C14H11ClN4O3S/c1-21-7-10(13(20)22-2)11-16-17-14-19(11)18-12(23-14)8-3-5-9(15)6-4-8/h3-7H,1-2H3. The molecular weight excluding hydrogens is 340 g/mol. The zero-order chi connectivity index (χ0) is 16.4. The number of hydrogen-bond donors (Lipinski definition) is 0. The summed E-state index contributed by atoms with van der Waals surface area (Å²) in [7, 11) is 2.71. The number of fused-ring (bicyclic) bond motifs is 1. The van der Waals surface area contributed by atoms with Crippen molar-refractivity contribution in [2.24, 2.45) is 0 Å². The zero-order valence-electron chi connectivity index (χ0n) is 12.2. The fourth-order valence-corrected chi connectivity index (χ4v) is 2.88. The molecule has 2 heterocycles. The molecular formula is C14H11ClN4O3S. The molecule has 0 spiro atoms. The Labute approximate surface area is 140 Å². The summed E-state index contributed by atoms with van der Waals surface area (Å²) >= 11 is 7.24. The second-order valence-corrected chi connectivity index (χ2v) is 5.78. The number of ether oxygens (including phenoxy) is 2. The maximum Gasteiger partial charge on any atom is 0.344 e. The van der Waals surface area contributed by atoms with Crippen LogP contribution in [0, 0.1) is 0 Å². The van der Waals surface area contributed by atoms with Crippen molar-refractivity contribution in [3.05, 3.63) is 41.4 Å². The highest BCUT2D eigenvalue weighted by molar-refractivity contribution is 7.19. The van der Waals surface area contributed by atoms with Crippen LogP contribution in [0.5, 0.6) is 0 Å². The average Bonchev–Trinajstić information content (AvgIpc) is 3.13. The van der Waals surface area contributed by atoms with E-state index in [1.54, 1.807) is 12.1 Å². The summed E-state index contributed by atoms with van der Waals surface area (Å²) in [6.07, 6.45) is 1.25. The van der Waals surface area contributed by atoms with Gasteiger partial charge in [0.25, 0.3) is 0 Å².